The minimum absolute atomic E-state index is 0.153. The van der Waals surface area contributed by atoms with Gasteiger partial charge >= 0.3 is 0 Å². The number of rotatable bonds is 3. The molecule has 1 N–H and O–H groups in total. The second kappa shape index (κ2) is 3.90. The maximum absolute atomic E-state index is 8.91. The maximum Gasteiger partial charge on any atom is 0.112 e. The first-order chi connectivity index (χ1) is 7.24. The van der Waals surface area contributed by atoms with E-state index < -0.39 is 0 Å². The number of para-hydroxylation sites is 1. The van der Waals surface area contributed by atoms with Crippen LogP contribution < -0.4 is 4.90 Å². The summed E-state index contributed by atoms with van der Waals surface area (Å²) in [5.74, 6) is 0. The molecule has 0 spiro atoms. The van der Waals surface area contributed by atoms with E-state index in [2.05, 4.69) is 4.98 Å². The van der Waals surface area contributed by atoms with E-state index in [1.807, 2.05) is 41.8 Å². The van der Waals surface area contributed by atoms with Crippen molar-refractivity contribution in [2.75, 3.05) is 25.1 Å². The second-order valence-electron chi connectivity index (χ2n) is 3.65. The maximum atomic E-state index is 8.91. The van der Waals surface area contributed by atoms with E-state index in [4.69, 9.17) is 5.11 Å². The number of aliphatic hydroxyl groups excluding tert-OH is 1. The highest BCUT2D eigenvalue weighted by atomic mass is 16.3. The molecule has 2 rings (SSSR count). The van der Waals surface area contributed by atoms with Gasteiger partial charge in [0.05, 0.1) is 24.1 Å². The monoisotopic (exact) mass is 205 g/mol. The molecule has 1 aromatic heterocycles. The van der Waals surface area contributed by atoms with Crippen LogP contribution >= 0.6 is 0 Å². The molecule has 4 heteroatoms. The third-order valence-corrected chi connectivity index (χ3v) is 2.58. The number of aromatic nitrogens is 2. The lowest BCUT2D eigenvalue weighted by molar-refractivity contribution is 0.304. The van der Waals surface area contributed by atoms with Crippen LogP contribution in [0.3, 0.4) is 0 Å². The summed E-state index contributed by atoms with van der Waals surface area (Å²) in [6.45, 7) is 0.773. The molecule has 2 aromatic rings. The number of anilines is 1. The summed E-state index contributed by atoms with van der Waals surface area (Å²) in [6, 6.07) is 6.07. The molecule has 4 nitrogen and oxygen atoms in total. The van der Waals surface area contributed by atoms with Crippen molar-refractivity contribution in [1.29, 1.82) is 0 Å². The lowest BCUT2D eigenvalue weighted by atomic mass is 10.2. The van der Waals surface area contributed by atoms with Crippen molar-refractivity contribution in [3.05, 3.63) is 24.5 Å². The zero-order valence-electron chi connectivity index (χ0n) is 9.01. The highest BCUT2D eigenvalue weighted by molar-refractivity contribution is 5.88. The number of nitrogens with zero attached hydrogens (tertiary/aromatic N) is 3. The third-order valence-electron chi connectivity index (χ3n) is 2.58. The zero-order chi connectivity index (χ0) is 10.8. The van der Waals surface area contributed by atoms with Crippen molar-refractivity contribution < 1.29 is 5.11 Å². The van der Waals surface area contributed by atoms with Crippen LogP contribution in [0.4, 0.5) is 5.69 Å². The first-order valence-electron chi connectivity index (χ1n) is 4.96. The first-order valence-corrected chi connectivity index (χ1v) is 4.96. The SMILES string of the molecule is CN(CCO)c1cccc2c1ncn2C. The van der Waals surface area contributed by atoms with Crippen LogP contribution in [0.2, 0.25) is 0 Å². The number of benzene rings is 1. The fraction of sp³-hybridized carbons (Fsp3) is 0.364. The molecule has 0 aliphatic rings. The molecule has 80 valence electrons. The summed E-state index contributed by atoms with van der Waals surface area (Å²) in [4.78, 5) is 6.37. The van der Waals surface area contributed by atoms with Crippen LogP contribution in [0.5, 0.6) is 0 Å². The Bertz CT molecular complexity index is 464. The minimum Gasteiger partial charge on any atom is -0.395 e. The summed E-state index contributed by atoms with van der Waals surface area (Å²) < 4.78 is 1.99. The molecule has 0 aliphatic heterocycles. The number of hydrogen-bond acceptors (Lipinski definition) is 3. The van der Waals surface area contributed by atoms with Gasteiger partial charge in [0, 0.05) is 20.6 Å². The predicted molar refractivity (Wildman–Crippen MR) is 61.1 cm³/mol. The zero-order valence-corrected chi connectivity index (χ0v) is 9.01. The molecule has 15 heavy (non-hydrogen) atoms. The van der Waals surface area contributed by atoms with Gasteiger partial charge < -0.3 is 14.6 Å². The summed E-state index contributed by atoms with van der Waals surface area (Å²) >= 11 is 0. The minimum atomic E-state index is 0.153. The molecule has 0 bridgehead atoms. The normalized spacial score (nSPS) is 10.9. The Morgan fingerprint density at radius 2 is 2.27 bits per heavy atom. The molecule has 0 amide bonds. The van der Waals surface area contributed by atoms with Crippen molar-refractivity contribution in [3.63, 3.8) is 0 Å². The van der Waals surface area contributed by atoms with Crippen molar-refractivity contribution in [2.45, 2.75) is 0 Å². The van der Waals surface area contributed by atoms with Gasteiger partial charge in [-0.1, -0.05) is 6.07 Å². The van der Waals surface area contributed by atoms with E-state index in [1.165, 1.54) is 0 Å². The van der Waals surface area contributed by atoms with Crippen LogP contribution in [0.15, 0.2) is 24.5 Å². The van der Waals surface area contributed by atoms with Crippen LogP contribution in [0.1, 0.15) is 0 Å². The van der Waals surface area contributed by atoms with Crippen LogP contribution in [-0.4, -0.2) is 34.9 Å². The topological polar surface area (TPSA) is 41.3 Å². The molecule has 0 unspecified atom stereocenters. The highest BCUT2D eigenvalue weighted by Crippen LogP contribution is 2.23. The van der Waals surface area contributed by atoms with Gasteiger partial charge in [-0.3, -0.25) is 0 Å². The van der Waals surface area contributed by atoms with Crippen molar-refractivity contribution in [2.24, 2.45) is 7.05 Å². The fourth-order valence-corrected chi connectivity index (χ4v) is 1.72. The highest BCUT2D eigenvalue weighted by Gasteiger charge is 2.08. The fourth-order valence-electron chi connectivity index (χ4n) is 1.72. The number of hydrogen-bond donors (Lipinski definition) is 1. The van der Waals surface area contributed by atoms with Crippen LogP contribution in [0, 0.1) is 0 Å². The third kappa shape index (κ3) is 1.68. The van der Waals surface area contributed by atoms with E-state index >= 15 is 0 Å². The Morgan fingerprint density at radius 3 is 3.00 bits per heavy atom. The molecule has 0 atom stereocenters. The summed E-state index contributed by atoms with van der Waals surface area (Å²) in [7, 11) is 3.94. The predicted octanol–water partition coefficient (Wildman–Crippen LogP) is 1.00. The number of aliphatic hydroxyl groups is 1. The number of fused-ring (bicyclic) bond motifs is 1. The van der Waals surface area contributed by atoms with Gasteiger partial charge in [0.15, 0.2) is 0 Å². The second-order valence-corrected chi connectivity index (χ2v) is 3.65. The Labute approximate surface area is 88.8 Å². The van der Waals surface area contributed by atoms with Crippen LogP contribution in [0.25, 0.3) is 11.0 Å². The largest absolute Gasteiger partial charge is 0.395 e. The molecule has 1 heterocycles. The molecule has 0 saturated heterocycles. The summed E-state index contributed by atoms with van der Waals surface area (Å²) in [5, 5.41) is 8.91. The molecule has 0 fully saturated rings. The Morgan fingerprint density at radius 1 is 1.47 bits per heavy atom. The van der Waals surface area contributed by atoms with Gasteiger partial charge in [-0.15, -0.1) is 0 Å². The van der Waals surface area contributed by atoms with Crippen molar-refractivity contribution in [3.8, 4) is 0 Å². The van der Waals surface area contributed by atoms with Crippen molar-refractivity contribution in [1.82, 2.24) is 9.55 Å². The lowest BCUT2D eigenvalue weighted by Crippen LogP contribution is -2.21. The molecular formula is C11H15N3O. The molecular weight excluding hydrogens is 190 g/mol. The van der Waals surface area contributed by atoms with E-state index in [1.54, 1.807) is 6.33 Å². The average molecular weight is 205 g/mol. The van der Waals surface area contributed by atoms with Gasteiger partial charge in [0.1, 0.15) is 5.52 Å². The molecule has 1 aromatic carbocycles. The van der Waals surface area contributed by atoms with E-state index in [0.29, 0.717) is 6.54 Å². The number of likely N-dealkylation sites (N-methyl/N-ethyl adjacent to an activating group) is 1. The lowest BCUT2D eigenvalue weighted by Gasteiger charge is -2.18. The van der Waals surface area contributed by atoms with Crippen molar-refractivity contribution >= 4 is 16.7 Å². The van der Waals surface area contributed by atoms with Gasteiger partial charge in [0.25, 0.3) is 0 Å². The van der Waals surface area contributed by atoms with Gasteiger partial charge in [-0.2, -0.15) is 0 Å². The average Bonchev–Trinajstić information content (AvgIpc) is 2.61. The quantitative estimate of drug-likeness (QED) is 0.812. The van der Waals surface area contributed by atoms with E-state index in [-0.39, 0.29) is 6.61 Å². The Kier molecular flexibility index (Phi) is 2.60. The molecule has 0 aliphatic carbocycles. The summed E-state index contributed by atoms with van der Waals surface area (Å²) in [6.07, 6.45) is 1.81. The smallest absolute Gasteiger partial charge is 0.112 e. The number of aryl methyl sites for hydroxylation is 1. The number of imidazole rings is 1. The van der Waals surface area contributed by atoms with Gasteiger partial charge in [0.2, 0.25) is 0 Å². The molecule has 0 saturated carbocycles. The summed E-state index contributed by atoms with van der Waals surface area (Å²) in [5.41, 5.74) is 3.15. The standard InChI is InChI=1S/C11H15N3O/c1-13(6-7-15)9-4-3-5-10-11(9)12-8-14(10)2/h3-5,8,15H,6-7H2,1-2H3. The Balaban J connectivity index is 2.51. The molecule has 0 radical (unpaired) electrons. The van der Waals surface area contributed by atoms with Gasteiger partial charge in [-0.25, -0.2) is 4.98 Å². The van der Waals surface area contributed by atoms with E-state index in [9.17, 15) is 0 Å². The Hall–Kier alpha value is -1.55. The first kappa shape index (κ1) is 9.98. The van der Waals surface area contributed by atoms with Gasteiger partial charge in [-0.05, 0) is 12.1 Å². The van der Waals surface area contributed by atoms with E-state index in [0.717, 1.165) is 16.7 Å². The van der Waals surface area contributed by atoms with Crippen LogP contribution in [-0.2, 0) is 7.05 Å².